The van der Waals surface area contributed by atoms with Gasteiger partial charge in [0.1, 0.15) is 0 Å². The first-order valence-corrected chi connectivity index (χ1v) is 7.81. The third-order valence-electron chi connectivity index (χ3n) is 3.09. The predicted octanol–water partition coefficient (Wildman–Crippen LogP) is 2.90. The van der Waals surface area contributed by atoms with Crippen molar-refractivity contribution < 1.29 is 9.90 Å². The van der Waals surface area contributed by atoms with Gasteiger partial charge in [-0.15, -0.1) is 11.8 Å². The Balaban J connectivity index is 1.75. The van der Waals surface area contributed by atoms with Gasteiger partial charge in [0.05, 0.1) is 12.4 Å². The number of aryl methyl sites for hydroxylation is 1. The summed E-state index contributed by atoms with van der Waals surface area (Å²) in [5.74, 6) is 0.435. The Morgan fingerprint density at radius 2 is 1.67 bits per heavy atom. The summed E-state index contributed by atoms with van der Waals surface area (Å²) in [4.78, 5) is 12.9. The van der Waals surface area contributed by atoms with Crippen LogP contribution in [-0.4, -0.2) is 16.8 Å². The average molecular weight is 301 g/mol. The molecule has 0 spiro atoms. The number of benzene rings is 2. The summed E-state index contributed by atoms with van der Waals surface area (Å²) in [7, 11) is 0. The van der Waals surface area contributed by atoms with Crippen LogP contribution in [0.4, 0.5) is 0 Å². The summed E-state index contributed by atoms with van der Waals surface area (Å²) in [5.41, 5.74) is 3.12. The molecule has 0 atom stereocenters. The molecule has 0 bridgehead atoms. The first-order valence-electron chi connectivity index (χ1n) is 6.82. The minimum Gasteiger partial charge on any atom is -0.392 e. The molecule has 110 valence electrons. The van der Waals surface area contributed by atoms with E-state index < -0.39 is 0 Å². The largest absolute Gasteiger partial charge is 0.392 e. The SMILES string of the molecule is Cc1ccc(SCC(=O)NCc2ccc(CO)cc2)cc1. The molecule has 2 aromatic rings. The second kappa shape index (κ2) is 7.86. The number of carbonyl (C=O) groups is 1. The molecule has 3 nitrogen and oxygen atoms in total. The number of amides is 1. The number of aliphatic hydroxyl groups is 1. The molecule has 4 heteroatoms. The van der Waals surface area contributed by atoms with Crippen molar-refractivity contribution in [1.82, 2.24) is 5.32 Å². The zero-order chi connectivity index (χ0) is 15.1. The van der Waals surface area contributed by atoms with Gasteiger partial charge in [0.15, 0.2) is 0 Å². The van der Waals surface area contributed by atoms with Gasteiger partial charge < -0.3 is 10.4 Å². The van der Waals surface area contributed by atoms with Crippen LogP contribution in [0.25, 0.3) is 0 Å². The minimum atomic E-state index is 0.0202. The second-order valence-corrected chi connectivity index (χ2v) is 5.90. The van der Waals surface area contributed by atoms with Crippen LogP contribution in [0.1, 0.15) is 16.7 Å². The molecule has 1 amide bonds. The van der Waals surface area contributed by atoms with Gasteiger partial charge in [0, 0.05) is 11.4 Å². The summed E-state index contributed by atoms with van der Waals surface area (Å²) in [5, 5.41) is 11.9. The summed E-state index contributed by atoms with van der Waals surface area (Å²) in [6.45, 7) is 2.60. The first kappa shape index (κ1) is 15.6. The van der Waals surface area contributed by atoms with Crippen LogP contribution < -0.4 is 5.32 Å². The van der Waals surface area contributed by atoms with E-state index in [1.165, 1.54) is 17.3 Å². The summed E-state index contributed by atoms with van der Waals surface area (Å²) < 4.78 is 0. The highest BCUT2D eigenvalue weighted by Gasteiger charge is 2.03. The lowest BCUT2D eigenvalue weighted by molar-refractivity contribution is -0.118. The standard InChI is InChI=1S/C17H19NO2S/c1-13-2-8-16(9-3-13)21-12-17(20)18-10-14-4-6-15(11-19)7-5-14/h2-9,19H,10-12H2,1H3,(H,18,20). The fourth-order valence-electron chi connectivity index (χ4n) is 1.80. The van der Waals surface area contributed by atoms with E-state index in [4.69, 9.17) is 5.11 Å². The van der Waals surface area contributed by atoms with Crippen molar-refractivity contribution in [3.63, 3.8) is 0 Å². The molecule has 2 rings (SSSR count). The van der Waals surface area contributed by atoms with Gasteiger partial charge in [0.25, 0.3) is 0 Å². The van der Waals surface area contributed by atoms with Crippen molar-refractivity contribution in [1.29, 1.82) is 0 Å². The molecule has 0 aromatic heterocycles. The Morgan fingerprint density at radius 1 is 1.05 bits per heavy atom. The molecular weight excluding hydrogens is 282 g/mol. The quantitative estimate of drug-likeness (QED) is 0.807. The number of rotatable bonds is 6. The molecular formula is C17H19NO2S. The van der Waals surface area contributed by atoms with Gasteiger partial charge >= 0.3 is 0 Å². The van der Waals surface area contributed by atoms with Gasteiger partial charge in [-0.3, -0.25) is 4.79 Å². The second-order valence-electron chi connectivity index (χ2n) is 4.85. The normalized spacial score (nSPS) is 10.4. The van der Waals surface area contributed by atoms with Crippen molar-refractivity contribution >= 4 is 17.7 Å². The molecule has 0 aliphatic carbocycles. The lowest BCUT2D eigenvalue weighted by Crippen LogP contribution is -2.24. The molecule has 2 N–H and O–H groups in total. The Bertz CT molecular complexity index is 579. The van der Waals surface area contributed by atoms with Crippen molar-refractivity contribution in [3.8, 4) is 0 Å². The molecule has 0 radical (unpaired) electrons. The topological polar surface area (TPSA) is 49.3 Å². The van der Waals surface area contributed by atoms with Crippen molar-refractivity contribution in [2.24, 2.45) is 0 Å². The number of nitrogens with one attached hydrogen (secondary N) is 1. The smallest absolute Gasteiger partial charge is 0.230 e. The van der Waals surface area contributed by atoms with Gasteiger partial charge in [-0.1, -0.05) is 42.0 Å². The average Bonchev–Trinajstić information content (AvgIpc) is 2.53. The maximum absolute atomic E-state index is 11.8. The van der Waals surface area contributed by atoms with E-state index in [1.807, 2.05) is 55.5 Å². The highest BCUT2D eigenvalue weighted by atomic mass is 32.2. The lowest BCUT2D eigenvalue weighted by atomic mass is 10.1. The Kier molecular flexibility index (Phi) is 5.84. The van der Waals surface area contributed by atoms with E-state index in [2.05, 4.69) is 5.32 Å². The van der Waals surface area contributed by atoms with E-state index in [9.17, 15) is 4.79 Å². The third-order valence-corrected chi connectivity index (χ3v) is 4.10. The van der Waals surface area contributed by atoms with Gasteiger partial charge in [0.2, 0.25) is 5.91 Å². The van der Waals surface area contributed by atoms with Crippen molar-refractivity contribution in [2.75, 3.05) is 5.75 Å². The Hall–Kier alpha value is -1.78. The minimum absolute atomic E-state index is 0.0202. The fourth-order valence-corrected chi connectivity index (χ4v) is 2.53. The van der Waals surface area contributed by atoms with E-state index in [0.29, 0.717) is 12.3 Å². The van der Waals surface area contributed by atoms with Gasteiger partial charge in [-0.25, -0.2) is 0 Å². The first-order chi connectivity index (χ1) is 10.2. The van der Waals surface area contributed by atoms with Gasteiger partial charge in [-0.2, -0.15) is 0 Å². The van der Waals surface area contributed by atoms with Crippen LogP contribution in [0.5, 0.6) is 0 Å². The fraction of sp³-hybridized carbons (Fsp3) is 0.235. The molecule has 0 aliphatic rings. The van der Waals surface area contributed by atoms with Crippen molar-refractivity contribution in [3.05, 3.63) is 65.2 Å². The molecule has 0 heterocycles. The summed E-state index contributed by atoms with van der Waals surface area (Å²) in [6, 6.07) is 15.7. The van der Waals surface area contributed by atoms with Crippen LogP contribution in [0, 0.1) is 6.92 Å². The number of hydrogen-bond donors (Lipinski definition) is 2. The maximum Gasteiger partial charge on any atom is 0.230 e. The molecule has 2 aromatic carbocycles. The molecule has 21 heavy (non-hydrogen) atoms. The third kappa shape index (κ3) is 5.25. The highest BCUT2D eigenvalue weighted by molar-refractivity contribution is 8.00. The summed E-state index contributed by atoms with van der Waals surface area (Å²) in [6.07, 6.45) is 0. The van der Waals surface area contributed by atoms with E-state index >= 15 is 0 Å². The van der Waals surface area contributed by atoms with Crippen LogP contribution in [0.15, 0.2) is 53.4 Å². The zero-order valence-corrected chi connectivity index (χ0v) is 12.8. The maximum atomic E-state index is 11.8. The van der Waals surface area contributed by atoms with Crippen LogP contribution >= 0.6 is 11.8 Å². The monoisotopic (exact) mass is 301 g/mol. The molecule has 0 unspecified atom stereocenters. The number of hydrogen-bond acceptors (Lipinski definition) is 3. The highest BCUT2D eigenvalue weighted by Crippen LogP contribution is 2.17. The van der Waals surface area contributed by atoms with Crippen molar-refractivity contribution in [2.45, 2.75) is 25.0 Å². The number of carbonyl (C=O) groups excluding carboxylic acids is 1. The van der Waals surface area contributed by atoms with Crippen LogP contribution in [0.3, 0.4) is 0 Å². The molecule has 0 saturated carbocycles. The predicted molar refractivity (Wildman–Crippen MR) is 86.1 cm³/mol. The zero-order valence-electron chi connectivity index (χ0n) is 12.0. The van der Waals surface area contributed by atoms with E-state index in [-0.39, 0.29) is 12.5 Å². The van der Waals surface area contributed by atoms with Crippen LogP contribution in [0.2, 0.25) is 0 Å². The Labute approximate surface area is 129 Å². The molecule has 0 saturated heterocycles. The number of aliphatic hydroxyl groups excluding tert-OH is 1. The molecule has 0 aliphatic heterocycles. The van der Waals surface area contributed by atoms with E-state index in [1.54, 1.807) is 0 Å². The number of thioether (sulfide) groups is 1. The Morgan fingerprint density at radius 3 is 2.29 bits per heavy atom. The molecule has 0 fully saturated rings. The van der Waals surface area contributed by atoms with Crippen LogP contribution in [-0.2, 0) is 17.9 Å². The lowest BCUT2D eigenvalue weighted by Gasteiger charge is -2.06. The van der Waals surface area contributed by atoms with E-state index in [0.717, 1.165) is 16.0 Å². The summed E-state index contributed by atoms with van der Waals surface area (Å²) >= 11 is 1.53. The van der Waals surface area contributed by atoms with Gasteiger partial charge in [-0.05, 0) is 30.2 Å².